The van der Waals surface area contributed by atoms with Gasteiger partial charge in [-0.15, -0.1) is 11.3 Å². The number of aromatic carboxylic acids is 1. The first-order valence-electron chi connectivity index (χ1n) is 6.92. The molecule has 1 N–H and O–H groups in total. The standard InChI is InChI=1S/C16H14ClN3O2S/c1-9-5-11(3-4-13(9)17)15-19-14(10(2)23-15)8-20-7-12(6-18-20)16(21)22/h3-7H,8H2,1-2H3,(H,21,22). The first-order valence-corrected chi connectivity index (χ1v) is 8.12. The molecule has 1 aromatic carbocycles. The van der Waals surface area contributed by atoms with Crippen molar-refractivity contribution < 1.29 is 9.90 Å². The Hall–Kier alpha value is -2.18. The number of benzene rings is 1. The number of carbonyl (C=O) groups is 1. The Bertz CT molecular complexity index is 885. The lowest BCUT2D eigenvalue weighted by molar-refractivity contribution is 0.0697. The predicted octanol–water partition coefficient (Wildman–Crippen LogP) is 4.02. The van der Waals surface area contributed by atoms with Gasteiger partial charge >= 0.3 is 5.97 Å². The van der Waals surface area contributed by atoms with E-state index in [2.05, 4.69) is 10.1 Å². The monoisotopic (exact) mass is 347 g/mol. The van der Waals surface area contributed by atoms with Crippen molar-refractivity contribution in [3.8, 4) is 10.6 Å². The summed E-state index contributed by atoms with van der Waals surface area (Å²) in [7, 11) is 0. The largest absolute Gasteiger partial charge is 0.478 e. The molecule has 0 aliphatic heterocycles. The van der Waals surface area contributed by atoms with Crippen LogP contribution in [0, 0.1) is 13.8 Å². The summed E-state index contributed by atoms with van der Waals surface area (Å²) in [5, 5.41) is 14.7. The minimum Gasteiger partial charge on any atom is -0.478 e. The molecular formula is C16H14ClN3O2S. The zero-order valence-electron chi connectivity index (χ0n) is 12.6. The van der Waals surface area contributed by atoms with Gasteiger partial charge in [-0.25, -0.2) is 9.78 Å². The smallest absolute Gasteiger partial charge is 0.338 e. The molecule has 0 amide bonds. The Morgan fingerprint density at radius 2 is 2.17 bits per heavy atom. The summed E-state index contributed by atoms with van der Waals surface area (Å²) in [6.45, 7) is 4.41. The van der Waals surface area contributed by atoms with E-state index in [-0.39, 0.29) is 5.56 Å². The van der Waals surface area contributed by atoms with E-state index >= 15 is 0 Å². The van der Waals surface area contributed by atoms with Crippen LogP contribution in [0.25, 0.3) is 10.6 Å². The Labute approximate surface area is 142 Å². The molecule has 0 aliphatic rings. The van der Waals surface area contributed by atoms with E-state index in [1.807, 2.05) is 32.0 Å². The van der Waals surface area contributed by atoms with Gasteiger partial charge < -0.3 is 5.11 Å². The Morgan fingerprint density at radius 1 is 1.39 bits per heavy atom. The first-order chi connectivity index (χ1) is 10.9. The quantitative estimate of drug-likeness (QED) is 0.773. The van der Waals surface area contributed by atoms with Gasteiger partial charge in [0.1, 0.15) is 5.01 Å². The van der Waals surface area contributed by atoms with E-state index < -0.39 is 5.97 Å². The van der Waals surface area contributed by atoms with Gasteiger partial charge in [0.05, 0.1) is 24.0 Å². The summed E-state index contributed by atoms with van der Waals surface area (Å²) in [5.74, 6) is -0.983. The molecule has 2 heterocycles. The molecule has 0 radical (unpaired) electrons. The number of nitrogens with zero attached hydrogens (tertiary/aromatic N) is 3. The third-order valence-corrected chi connectivity index (χ3v) is 4.98. The van der Waals surface area contributed by atoms with Crippen LogP contribution in [0.5, 0.6) is 0 Å². The maximum Gasteiger partial charge on any atom is 0.338 e. The molecule has 0 spiro atoms. The van der Waals surface area contributed by atoms with Crippen molar-refractivity contribution >= 4 is 28.9 Å². The maximum atomic E-state index is 10.9. The van der Waals surface area contributed by atoms with Crippen LogP contribution in [0.15, 0.2) is 30.6 Å². The number of thiazole rings is 1. The van der Waals surface area contributed by atoms with Gasteiger partial charge in [0.2, 0.25) is 0 Å². The number of aromatic nitrogens is 3. The summed E-state index contributed by atoms with van der Waals surface area (Å²) < 4.78 is 1.59. The number of aryl methyl sites for hydroxylation is 2. The number of hydrogen-bond donors (Lipinski definition) is 1. The van der Waals surface area contributed by atoms with Gasteiger partial charge in [0.15, 0.2) is 0 Å². The highest BCUT2D eigenvalue weighted by molar-refractivity contribution is 7.15. The Morgan fingerprint density at radius 3 is 2.83 bits per heavy atom. The van der Waals surface area contributed by atoms with Gasteiger partial charge in [-0.05, 0) is 31.5 Å². The molecule has 0 atom stereocenters. The van der Waals surface area contributed by atoms with Gasteiger partial charge in [0.25, 0.3) is 0 Å². The highest BCUT2D eigenvalue weighted by atomic mass is 35.5. The number of carboxylic acid groups (broad SMARTS) is 1. The van der Waals surface area contributed by atoms with Crippen LogP contribution in [0.4, 0.5) is 0 Å². The Kier molecular flexibility index (Phi) is 4.19. The van der Waals surface area contributed by atoms with Crippen LogP contribution in [0.1, 0.15) is 26.5 Å². The van der Waals surface area contributed by atoms with Crippen molar-refractivity contribution in [2.75, 3.05) is 0 Å². The summed E-state index contributed by atoms with van der Waals surface area (Å²) >= 11 is 7.67. The molecule has 0 saturated heterocycles. The number of halogens is 1. The fourth-order valence-corrected chi connectivity index (χ4v) is 3.23. The highest BCUT2D eigenvalue weighted by Gasteiger charge is 2.12. The lowest BCUT2D eigenvalue weighted by Crippen LogP contribution is -2.02. The second-order valence-electron chi connectivity index (χ2n) is 5.22. The summed E-state index contributed by atoms with van der Waals surface area (Å²) in [5.41, 5.74) is 3.10. The lowest BCUT2D eigenvalue weighted by atomic mass is 10.1. The van der Waals surface area contributed by atoms with Crippen molar-refractivity contribution in [2.24, 2.45) is 0 Å². The van der Waals surface area contributed by atoms with Gasteiger partial charge in [0, 0.05) is 21.7 Å². The fourth-order valence-electron chi connectivity index (χ4n) is 2.19. The van der Waals surface area contributed by atoms with E-state index in [0.29, 0.717) is 6.54 Å². The van der Waals surface area contributed by atoms with Crippen LogP contribution >= 0.6 is 22.9 Å². The predicted molar refractivity (Wildman–Crippen MR) is 90.3 cm³/mol. The first kappa shape index (κ1) is 15.7. The third-order valence-electron chi connectivity index (χ3n) is 3.49. The zero-order chi connectivity index (χ0) is 16.6. The normalized spacial score (nSPS) is 10.9. The van der Waals surface area contributed by atoms with Crippen LogP contribution in [-0.4, -0.2) is 25.8 Å². The second kappa shape index (κ2) is 6.14. The molecule has 23 heavy (non-hydrogen) atoms. The summed E-state index contributed by atoms with van der Waals surface area (Å²) in [4.78, 5) is 16.7. The Balaban J connectivity index is 1.88. The molecule has 0 bridgehead atoms. The molecule has 2 aromatic heterocycles. The lowest BCUT2D eigenvalue weighted by Gasteiger charge is -2.01. The minimum atomic E-state index is -0.983. The average molecular weight is 348 g/mol. The molecule has 118 valence electrons. The van der Waals surface area contributed by atoms with E-state index in [4.69, 9.17) is 16.7 Å². The molecule has 0 aliphatic carbocycles. The maximum absolute atomic E-state index is 10.9. The fraction of sp³-hybridized carbons (Fsp3) is 0.188. The molecule has 3 rings (SSSR count). The van der Waals surface area contributed by atoms with Gasteiger partial charge in [-0.3, -0.25) is 4.68 Å². The van der Waals surface area contributed by atoms with Crippen molar-refractivity contribution in [1.29, 1.82) is 0 Å². The number of rotatable bonds is 4. The highest BCUT2D eigenvalue weighted by Crippen LogP contribution is 2.30. The van der Waals surface area contributed by atoms with E-state index in [1.165, 1.54) is 12.4 Å². The summed E-state index contributed by atoms with van der Waals surface area (Å²) in [6.07, 6.45) is 2.85. The van der Waals surface area contributed by atoms with Crippen molar-refractivity contribution in [3.63, 3.8) is 0 Å². The van der Waals surface area contributed by atoms with E-state index in [9.17, 15) is 4.79 Å². The van der Waals surface area contributed by atoms with Crippen LogP contribution in [-0.2, 0) is 6.54 Å². The molecule has 7 heteroatoms. The van der Waals surface area contributed by atoms with Crippen molar-refractivity contribution in [2.45, 2.75) is 20.4 Å². The van der Waals surface area contributed by atoms with Crippen molar-refractivity contribution in [3.05, 3.63) is 57.3 Å². The molecule has 0 fully saturated rings. The number of carboxylic acids is 1. The van der Waals surface area contributed by atoms with Crippen LogP contribution in [0.2, 0.25) is 5.02 Å². The molecule has 0 saturated carbocycles. The van der Waals surface area contributed by atoms with Crippen LogP contribution in [0.3, 0.4) is 0 Å². The van der Waals surface area contributed by atoms with Gasteiger partial charge in [-0.2, -0.15) is 5.10 Å². The van der Waals surface area contributed by atoms with E-state index in [1.54, 1.807) is 16.0 Å². The second-order valence-corrected chi connectivity index (χ2v) is 6.83. The average Bonchev–Trinajstić information content (AvgIpc) is 3.10. The molecular weight excluding hydrogens is 334 g/mol. The summed E-state index contributed by atoms with van der Waals surface area (Å²) in [6, 6.07) is 5.84. The van der Waals surface area contributed by atoms with E-state index in [0.717, 1.165) is 31.7 Å². The topological polar surface area (TPSA) is 68.0 Å². The number of hydrogen-bond acceptors (Lipinski definition) is 4. The minimum absolute atomic E-state index is 0.173. The molecule has 3 aromatic rings. The SMILES string of the molecule is Cc1cc(-c2nc(Cn3cc(C(=O)O)cn3)c(C)s2)ccc1Cl. The van der Waals surface area contributed by atoms with Crippen LogP contribution < -0.4 is 0 Å². The van der Waals surface area contributed by atoms with Gasteiger partial charge in [-0.1, -0.05) is 17.7 Å². The molecule has 0 unspecified atom stereocenters. The molecule has 5 nitrogen and oxygen atoms in total. The van der Waals surface area contributed by atoms with Crippen molar-refractivity contribution in [1.82, 2.24) is 14.8 Å². The third kappa shape index (κ3) is 3.28. The zero-order valence-corrected chi connectivity index (χ0v) is 14.1.